The summed E-state index contributed by atoms with van der Waals surface area (Å²) in [7, 11) is 0. The molecule has 2 rings (SSSR count). The molecule has 1 aliphatic rings. The summed E-state index contributed by atoms with van der Waals surface area (Å²) in [5, 5.41) is 3.34. The topological polar surface area (TPSA) is 29.9 Å². The molecule has 1 saturated carbocycles. The van der Waals surface area contributed by atoms with Gasteiger partial charge < -0.3 is 9.88 Å². The maximum Gasteiger partial charge on any atom is 0.0948 e. The zero-order valence-electron chi connectivity index (χ0n) is 9.03. The second-order valence-electron chi connectivity index (χ2n) is 4.29. The second kappa shape index (κ2) is 4.13. The fourth-order valence-electron chi connectivity index (χ4n) is 1.82. The molecule has 2 atom stereocenters. The van der Waals surface area contributed by atoms with E-state index in [9.17, 15) is 0 Å². The van der Waals surface area contributed by atoms with Crippen LogP contribution < -0.4 is 5.32 Å². The van der Waals surface area contributed by atoms with Gasteiger partial charge in [-0.25, -0.2) is 4.98 Å². The van der Waals surface area contributed by atoms with Gasteiger partial charge in [0.15, 0.2) is 0 Å². The summed E-state index contributed by atoms with van der Waals surface area (Å²) in [6, 6.07) is 0. The van der Waals surface area contributed by atoms with Gasteiger partial charge in [0, 0.05) is 19.3 Å². The van der Waals surface area contributed by atoms with Crippen LogP contribution in [0.1, 0.15) is 26.0 Å². The molecule has 1 heterocycles. The van der Waals surface area contributed by atoms with Crippen LogP contribution in [0.15, 0.2) is 12.5 Å². The van der Waals surface area contributed by atoms with Crippen LogP contribution in [0.2, 0.25) is 0 Å². The van der Waals surface area contributed by atoms with E-state index in [0.29, 0.717) is 0 Å². The zero-order valence-corrected chi connectivity index (χ0v) is 9.03. The van der Waals surface area contributed by atoms with Crippen molar-refractivity contribution in [3.8, 4) is 0 Å². The number of hydrogen-bond acceptors (Lipinski definition) is 2. The Morgan fingerprint density at radius 3 is 3.07 bits per heavy atom. The highest BCUT2D eigenvalue weighted by atomic mass is 15.1. The molecule has 3 heteroatoms. The lowest BCUT2D eigenvalue weighted by atomic mass is 10.3. The maximum absolute atomic E-state index is 4.20. The van der Waals surface area contributed by atoms with E-state index < -0.39 is 0 Å². The average molecular weight is 193 g/mol. The summed E-state index contributed by atoms with van der Waals surface area (Å²) >= 11 is 0. The van der Waals surface area contributed by atoms with Crippen molar-refractivity contribution in [3.05, 3.63) is 18.2 Å². The molecule has 1 aliphatic carbocycles. The molecule has 1 aromatic heterocycles. The Morgan fingerprint density at radius 1 is 1.64 bits per heavy atom. The second-order valence-corrected chi connectivity index (χ2v) is 4.29. The van der Waals surface area contributed by atoms with E-state index in [0.717, 1.165) is 31.5 Å². The van der Waals surface area contributed by atoms with E-state index in [1.807, 2.05) is 12.5 Å². The van der Waals surface area contributed by atoms with Crippen molar-refractivity contribution in [2.45, 2.75) is 33.4 Å². The van der Waals surface area contributed by atoms with Gasteiger partial charge in [-0.05, 0) is 24.8 Å². The van der Waals surface area contributed by atoms with Crippen molar-refractivity contribution in [3.63, 3.8) is 0 Å². The lowest BCUT2D eigenvalue weighted by molar-refractivity contribution is 0.558. The third kappa shape index (κ3) is 2.15. The fourth-order valence-corrected chi connectivity index (χ4v) is 1.82. The van der Waals surface area contributed by atoms with Gasteiger partial charge >= 0.3 is 0 Å². The van der Waals surface area contributed by atoms with Crippen LogP contribution in [0.3, 0.4) is 0 Å². The average Bonchev–Trinajstić information content (AvgIpc) is 2.70. The number of nitrogens with one attached hydrogen (secondary N) is 1. The predicted molar refractivity (Wildman–Crippen MR) is 56.9 cm³/mol. The van der Waals surface area contributed by atoms with Gasteiger partial charge in [0.1, 0.15) is 0 Å². The number of nitrogens with zero attached hydrogens (tertiary/aromatic N) is 2. The lowest BCUT2D eigenvalue weighted by Gasteiger charge is -2.07. The van der Waals surface area contributed by atoms with Crippen LogP contribution in [-0.4, -0.2) is 16.1 Å². The highest BCUT2D eigenvalue weighted by Crippen LogP contribution is 2.39. The summed E-state index contributed by atoms with van der Waals surface area (Å²) in [4.78, 5) is 4.20. The Bertz CT molecular complexity index is 292. The van der Waals surface area contributed by atoms with Gasteiger partial charge in [0.05, 0.1) is 12.0 Å². The molecule has 78 valence electrons. The van der Waals surface area contributed by atoms with E-state index in [2.05, 4.69) is 28.7 Å². The molecular formula is C11H19N3. The molecular weight excluding hydrogens is 174 g/mol. The van der Waals surface area contributed by atoms with Gasteiger partial charge in [-0.1, -0.05) is 13.8 Å². The first-order valence-electron chi connectivity index (χ1n) is 5.51. The quantitative estimate of drug-likeness (QED) is 0.770. The first-order chi connectivity index (χ1) is 6.81. The van der Waals surface area contributed by atoms with Crippen LogP contribution in [0.25, 0.3) is 0 Å². The van der Waals surface area contributed by atoms with Gasteiger partial charge in [-0.2, -0.15) is 0 Å². The Kier molecular flexibility index (Phi) is 2.87. The summed E-state index contributed by atoms with van der Waals surface area (Å²) in [6.07, 6.45) is 5.31. The van der Waals surface area contributed by atoms with Crippen LogP contribution in [0, 0.1) is 11.8 Å². The molecule has 0 bridgehead atoms. The van der Waals surface area contributed by atoms with Crippen LogP contribution in [-0.2, 0) is 13.1 Å². The minimum Gasteiger partial charge on any atom is -0.333 e. The monoisotopic (exact) mass is 193 g/mol. The molecule has 0 spiro atoms. The van der Waals surface area contributed by atoms with E-state index in [4.69, 9.17) is 0 Å². The van der Waals surface area contributed by atoms with E-state index in [-0.39, 0.29) is 0 Å². The fraction of sp³-hybridized carbons (Fsp3) is 0.727. The molecule has 0 amide bonds. The highest BCUT2D eigenvalue weighted by Gasteiger charge is 2.32. The molecule has 1 aromatic rings. The first-order valence-corrected chi connectivity index (χ1v) is 5.51. The number of imidazole rings is 1. The van der Waals surface area contributed by atoms with Gasteiger partial charge in [0.2, 0.25) is 0 Å². The number of aromatic nitrogens is 2. The van der Waals surface area contributed by atoms with Crippen molar-refractivity contribution in [1.29, 1.82) is 0 Å². The predicted octanol–water partition coefficient (Wildman–Crippen LogP) is 1.65. The molecule has 1 N–H and O–H groups in total. The standard InChI is InChI=1S/C11H19N3/c1-3-12-5-11-6-13-8-14(11)7-10-4-9(10)2/h6,8-10,12H,3-5,7H2,1-2H3. The van der Waals surface area contributed by atoms with Crippen molar-refractivity contribution in [2.24, 2.45) is 11.8 Å². The molecule has 0 saturated heterocycles. The third-order valence-electron chi connectivity index (χ3n) is 3.06. The van der Waals surface area contributed by atoms with Gasteiger partial charge in [-0.3, -0.25) is 0 Å². The van der Waals surface area contributed by atoms with Crippen molar-refractivity contribution < 1.29 is 0 Å². The molecule has 14 heavy (non-hydrogen) atoms. The van der Waals surface area contributed by atoms with E-state index in [1.165, 1.54) is 12.1 Å². The summed E-state index contributed by atoms with van der Waals surface area (Å²) in [5.41, 5.74) is 1.31. The van der Waals surface area contributed by atoms with Crippen LogP contribution >= 0.6 is 0 Å². The highest BCUT2D eigenvalue weighted by molar-refractivity contribution is 4.99. The van der Waals surface area contributed by atoms with Crippen molar-refractivity contribution in [2.75, 3.05) is 6.54 Å². The lowest BCUT2D eigenvalue weighted by Crippen LogP contribution is -2.15. The Labute approximate surface area is 85.5 Å². The largest absolute Gasteiger partial charge is 0.333 e. The zero-order chi connectivity index (χ0) is 9.97. The molecule has 2 unspecified atom stereocenters. The van der Waals surface area contributed by atoms with Crippen LogP contribution in [0.5, 0.6) is 0 Å². The molecule has 1 fully saturated rings. The SMILES string of the molecule is CCNCc1cncn1CC1CC1C. The van der Waals surface area contributed by atoms with E-state index in [1.54, 1.807) is 0 Å². The van der Waals surface area contributed by atoms with Crippen molar-refractivity contribution in [1.82, 2.24) is 14.9 Å². The summed E-state index contributed by atoms with van der Waals surface area (Å²) in [6.45, 7) is 7.57. The Hall–Kier alpha value is -0.830. The van der Waals surface area contributed by atoms with E-state index >= 15 is 0 Å². The van der Waals surface area contributed by atoms with Gasteiger partial charge in [0.25, 0.3) is 0 Å². The first kappa shape index (κ1) is 9.71. The summed E-state index contributed by atoms with van der Waals surface area (Å²) < 4.78 is 2.29. The van der Waals surface area contributed by atoms with Crippen molar-refractivity contribution >= 4 is 0 Å². The third-order valence-corrected chi connectivity index (χ3v) is 3.06. The number of hydrogen-bond donors (Lipinski definition) is 1. The molecule has 0 aromatic carbocycles. The normalized spacial score (nSPS) is 25.3. The minimum atomic E-state index is 0.893. The maximum atomic E-state index is 4.20. The Balaban J connectivity index is 1.91. The van der Waals surface area contributed by atoms with Gasteiger partial charge in [-0.15, -0.1) is 0 Å². The molecule has 0 radical (unpaired) electrons. The summed E-state index contributed by atoms with van der Waals surface area (Å²) in [5.74, 6) is 1.81. The smallest absolute Gasteiger partial charge is 0.0948 e. The molecule has 3 nitrogen and oxygen atoms in total. The molecule has 0 aliphatic heterocycles. The Morgan fingerprint density at radius 2 is 2.43 bits per heavy atom. The minimum absolute atomic E-state index is 0.893. The van der Waals surface area contributed by atoms with Crippen LogP contribution in [0.4, 0.5) is 0 Å². The number of rotatable bonds is 5.